The van der Waals surface area contributed by atoms with E-state index in [2.05, 4.69) is 9.97 Å². The molecule has 0 bridgehead atoms. The Hall–Kier alpha value is -0.810. The van der Waals surface area contributed by atoms with Crippen LogP contribution in [-0.4, -0.2) is 21.8 Å². The summed E-state index contributed by atoms with van der Waals surface area (Å²) < 4.78 is 0. The van der Waals surface area contributed by atoms with Gasteiger partial charge in [-0.2, -0.15) is 0 Å². The summed E-state index contributed by atoms with van der Waals surface area (Å²) in [6.07, 6.45) is 6.33. The minimum atomic E-state index is -0.0879. The van der Waals surface area contributed by atoms with E-state index >= 15 is 0 Å². The number of hydrogen-bond acceptors (Lipinski definition) is 4. The van der Waals surface area contributed by atoms with Gasteiger partial charge in [-0.3, -0.25) is 4.79 Å². The zero-order chi connectivity index (χ0) is 11.4. The third kappa shape index (κ3) is 3.09. The van der Waals surface area contributed by atoms with E-state index in [0.29, 0.717) is 17.1 Å². The molecule has 0 aliphatic heterocycles. The highest BCUT2D eigenvalue weighted by atomic mass is 32.2. The van der Waals surface area contributed by atoms with Crippen molar-refractivity contribution in [3.05, 3.63) is 22.6 Å². The highest BCUT2D eigenvalue weighted by molar-refractivity contribution is 7.99. The SMILES string of the molecule is NC1CCCC1CCSc1nccc(=O)[nH]1. The first-order chi connectivity index (χ1) is 7.75. The Balaban J connectivity index is 1.77. The van der Waals surface area contributed by atoms with Gasteiger partial charge in [0.1, 0.15) is 0 Å². The number of nitrogens with two attached hydrogens (primary N) is 1. The molecule has 0 radical (unpaired) electrons. The van der Waals surface area contributed by atoms with Crippen LogP contribution in [0, 0.1) is 5.92 Å². The van der Waals surface area contributed by atoms with Crippen LogP contribution in [0.1, 0.15) is 25.7 Å². The highest BCUT2D eigenvalue weighted by Crippen LogP contribution is 2.28. The molecule has 0 aromatic carbocycles. The number of H-pyrrole nitrogens is 1. The fraction of sp³-hybridized carbons (Fsp3) is 0.636. The van der Waals surface area contributed by atoms with Crippen LogP contribution in [0.3, 0.4) is 0 Å². The van der Waals surface area contributed by atoms with Crippen LogP contribution in [0.5, 0.6) is 0 Å². The van der Waals surface area contributed by atoms with Crippen molar-refractivity contribution in [2.75, 3.05) is 5.75 Å². The van der Waals surface area contributed by atoms with Gasteiger partial charge in [0.15, 0.2) is 5.16 Å². The molecule has 1 heterocycles. The molecule has 0 spiro atoms. The van der Waals surface area contributed by atoms with Gasteiger partial charge in [-0.25, -0.2) is 4.98 Å². The van der Waals surface area contributed by atoms with Crippen molar-refractivity contribution in [3.8, 4) is 0 Å². The second-order valence-electron chi connectivity index (χ2n) is 4.23. The first-order valence-electron chi connectivity index (χ1n) is 5.69. The maximum absolute atomic E-state index is 11.0. The lowest BCUT2D eigenvalue weighted by molar-refractivity contribution is 0.470. The van der Waals surface area contributed by atoms with Crippen molar-refractivity contribution in [1.29, 1.82) is 0 Å². The smallest absolute Gasteiger partial charge is 0.251 e. The number of thioether (sulfide) groups is 1. The third-order valence-corrected chi connectivity index (χ3v) is 4.01. The number of nitrogens with one attached hydrogen (secondary N) is 1. The third-order valence-electron chi connectivity index (χ3n) is 3.09. The lowest BCUT2D eigenvalue weighted by atomic mass is 10.0. The Labute approximate surface area is 99.0 Å². The number of hydrogen-bond donors (Lipinski definition) is 2. The topological polar surface area (TPSA) is 71.8 Å². The van der Waals surface area contributed by atoms with Crippen LogP contribution < -0.4 is 11.3 Å². The molecule has 2 rings (SSSR count). The number of nitrogens with zero attached hydrogens (tertiary/aromatic N) is 1. The minimum Gasteiger partial charge on any atom is -0.327 e. The van der Waals surface area contributed by atoms with Gasteiger partial charge in [-0.05, 0) is 25.2 Å². The maximum Gasteiger partial charge on any atom is 0.251 e. The molecule has 3 N–H and O–H groups in total. The van der Waals surface area contributed by atoms with Gasteiger partial charge in [-0.1, -0.05) is 18.2 Å². The lowest BCUT2D eigenvalue weighted by Gasteiger charge is -2.13. The van der Waals surface area contributed by atoms with Crippen molar-refractivity contribution >= 4 is 11.8 Å². The van der Waals surface area contributed by atoms with Gasteiger partial charge in [0, 0.05) is 24.1 Å². The monoisotopic (exact) mass is 239 g/mol. The van der Waals surface area contributed by atoms with Gasteiger partial charge in [0.05, 0.1) is 0 Å². The Morgan fingerprint density at radius 3 is 3.12 bits per heavy atom. The molecule has 4 nitrogen and oxygen atoms in total. The molecule has 1 fully saturated rings. The predicted molar refractivity (Wildman–Crippen MR) is 65.5 cm³/mol. The summed E-state index contributed by atoms with van der Waals surface area (Å²) in [6.45, 7) is 0. The zero-order valence-corrected chi connectivity index (χ0v) is 10.0. The molecule has 1 saturated carbocycles. The molecule has 5 heteroatoms. The molecule has 1 aromatic rings. The Kier molecular flexibility index (Phi) is 4.01. The van der Waals surface area contributed by atoms with Gasteiger partial charge in [0.2, 0.25) is 0 Å². The fourth-order valence-electron chi connectivity index (χ4n) is 2.16. The van der Waals surface area contributed by atoms with Crippen LogP contribution >= 0.6 is 11.8 Å². The van der Waals surface area contributed by atoms with E-state index < -0.39 is 0 Å². The molecule has 88 valence electrons. The predicted octanol–water partition coefficient (Wildman–Crippen LogP) is 1.38. The van der Waals surface area contributed by atoms with E-state index in [1.807, 2.05) is 0 Å². The summed E-state index contributed by atoms with van der Waals surface area (Å²) in [5.41, 5.74) is 5.91. The minimum absolute atomic E-state index is 0.0879. The molecular formula is C11H17N3OS. The lowest BCUT2D eigenvalue weighted by Crippen LogP contribution is -2.24. The fourth-order valence-corrected chi connectivity index (χ4v) is 3.08. The largest absolute Gasteiger partial charge is 0.327 e. The van der Waals surface area contributed by atoms with Gasteiger partial charge < -0.3 is 10.7 Å². The summed E-state index contributed by atoms with van der Waals surface area (Å²) >= 11 is 1.60. The van der Waals surface area contributed by atoms with Crippen LogP contribution in [0.4, 0.5) is 0 Å². The first kappa shape index (κ1) is 11.7. The van der Waals surface area contributed by atoms with Gasteiger partial charge in [-0.15, -0.1) is 0 Å². The van der Waals surface area contributed by atoms with Gasteiger partial charge >= 0.3 is 0 Å². The quantitative estimate of drug-likeness (QED) is 0.615. The average molecular weight is 239 g/mol. The van der Waals surface area contributed by atoms with Crippen LogP contribution in [0.25, 0.3) is 0 Å². The van der Waals surface area contributed by atoms with Crippen LogP contribution in [0.15, 0.2) is 22.2 Å². The molecule has 1 aliphatic carbocycles. The van der Waals surface area contributed by atoms with Crippen LogP contribution in [-0.2, 0) is 0 Å². The Morgan fingerprint density at radius 2 is 2.44 bits per heavy atom. The second-order valence-corrected chi connectivity index (χ2v) is 5.31. The molecule has 2 unspecified atom stereocenters. The molecule has 0 saturated heterocycles. The van der Waals surface area contributed by atoms with E-state index in [1.54, 1.807) is 18.0 Å². The summed E-state index contributed by atoms with van der Waals surface area (Å²) in [7, 11) is 0. The molecule has 0 amide bonds. The zero-order valence-electron chi connectivity index (χ0n) is 9.19. The van der Waals surface area contributed by atoms with Crippen molar-refractivity contribution in [2.24, 2.45) is 11.7 Å². The average Bonchev–Trinajstić information content (AvgIpc) is 2.65. The Bertz CT molecular complexity index is 393. The molecular weight excluding hydrogens is 222 g/mol. The van der Waals surface area contributed by atoms with Crippen molar-refractivity contribution in [2.45, 2.75) is 36.9 Å². The van der Waals surface area contributed by atoms with E-state index in [9.17, 15) is 4.79 Å². The van der Waals surface area contributed by atoms with E-state index in [-0.39, 0.29) is 5.56 Å². The maximum atomic E-state index is 11.0. The van der Waals surface area contributed by atoms with Gasteiger partial charge in [0.25, 0.3) is 5.56 Å². The number of rotatable bonds is 4. The normalized spacial score (nSPS) is 24.8. The van der Waals surface area contributed by atoms with E-state index in [0.717, 1.165) is 18.6 Å². The van der Waals surface area contributed by atoms with Crippen molar-refractivity contribution in [3.63, 3.8) is 0 Å². The Morgan fingerprint density at radius 1 is 1.56 bits per heavy atom. The highest BCUT2D eigenvalue weighted by Gasteiger charge is 2.23. The number of aromatic amines is 1. The summed E-state index contributed by atoms with van der Waals surface area (Å²) in [5, 5.41) is 0.707. The molecule has 1 aromatic heterocycles. The molecule has 1 aliphatic rings. The van der Waals surface area contributed by atoms with E-state index in [1.165, 1.54) is 18.9 Å². The van der Waals surface area contributed by atoms with Crippen LogP contribution in [0.2, 0.25) is 0 Å². The summed E-state index contributed by atoms with van der Waals surface area (Å²) in [6, 6.07) is 1.81. The first-order valence-corrected chi connectivity index (χ1v) is 6.68. The van der Waals surface area contributed by atoms with E-state index in [4.69, 9.17) is 5.73 Å². The molecule has 16 heavy (non-hydrogen) atoms. The van der Waals surface area contributed by atoms with Crippen molar-refractivity contribution < 1.29 is 0 Å². The second kappa shape index (κ2) is 5.50. The summed E-state index contributed by atoms with van der Waals surface area (Å²) in [4.78, 5) is 17.8. The molecule has 2 atom stereocenters. The standard InChI is InChI=1S/C11H17N3OS/c12-9-3-1-2-8(9)5-7-16-11-13-6-4-10(15)14-11/h4,6,8-9H,1-3,5,7,12H2,(H,13,14,15). The summed E-state index contributed by atoms with van der Waals surface area (Å²) in [5.74, 6) is 1.63. The van der Waals surface area contributed by atoms with Crippen molar-refractivity contribution in [1.82, 2.24) is 9.97 Å². The number of aromatic nitrogens is 2.